The van der Waals surface area contributed by atoms with Crippen LogP contribution >= 0.6 is 0 Å². The van der Waals surface area contributed by atoms with Crippen LogP contribution < -0.4 is 0 Å². The van der Waals surface area contributed by atoms with E-state index in [2.05, 4.69) is 11.8 Å². The molecule has 0 spiro atoms. The highest BCUT2D eigenvalue weighted by atomic mass is 16.4. The first-order valence-electron chi connectivity index (χ1n) is 7.24. The molecule has 1 fully saturated rings. The molecule has 110 valence electrons. The fourth-order valence-corrected chi connectivity index (χ4v) is 2.68. The van der Waals surface area contributed by atoms with Crippen molar-refractivity contribution in [2.45, 2.75) is 51.5 Å². The molecule has 0 aromatic carbocycles. The summed E-state index contributed by atoms with van der Waals surface area (Å²) in [4.78, 5) is 26.5. The molecule has 0 saturated carbocycles. The third-order valence-corrected chi connectivity index (χ3v) is 3.85. The number of unbranched alkanes of at least 4 members (excludes halogenated alkanes) is 1. The van der Waals surface area contributed by atoms with Crippen molar-refractivity contribution in [3.8, 4) is 0 Å². The minimum absolute atomic E-state index is 0.133. The van der Waals surface area contributed by atoms with Gasteiger partial charge in [0.2, 0.25) is 5.91 Å². The second-order valence-corrected chi connectivity index (χ2v) is 5.30. The van der Waals surface area contributed by atoms with Gasteiger partial charge in [-0.25, -0.2) is 0 Å². The summed E-state index contributed by atoms with van der Waals surface area (Å²) in [5, 5.41) is 8.53. The first kappa shape index (κ1) is 16.0. The van der Waals surface area contributed by atoms with Crippen LogP contribution in [0.4, 0.5) is 0 Å². The Bertz CT molecular complexity index is 307. The quantitative estimate of drug-likeness (QED) is 0.680. The molecule has 1 N–H and O–H groups in total. The highest BCUT2D eigenvalue weighted by molar-refractivity contribution is 5.76. The maximum Gasteiger partial charge on any atom is 0.303 e. The SMILES string of the molecule is CCN1CCCC1CN(C)C(=O)CCCCC(=O)O. The van der Waals surface area contributed by atoms with Gasteiger partial charge in [-0.05, 0) is 38.8 Å². The van der Waals surface area contributed by atoms with Crippen molar-refractivity contribution in [2.24, 2.45) is 0 Å². The van der Waals surface area contributed by atoms with Crippen LogP contribution in [0.1, 0.15) is 45.4 Å². The van der Waals surface area contributed by atoms with E-state index in [-0.39, 0.29) is 12.3 Å². The highest BCUT2D eigenvalue weighted by Crippen LogP contribution is 2.17. The fraction of sp³-hybridized carbons (Fsp3) is 0.857. The van der Waals surface area contributed by atoms with Gasteiger partial charge in [-0.3, -0.25) is 14.5 Å². The lowest BCUT2D eigenvalue weighted by molar-refractivity contribution is -0.137. The molecule has 1 aliphatic rings. The molecule has 1 unspecified atom stereocenters. The summed E-state index contributed by atoms with van der Waals surface area (Å²) in [6.07, 6.45) is 4.26. The molecular weight excluding hydrogens is 244 g/mol. The molecule has 1 rings (SSSR count). The van der Waals surface area contributed by atoms with Gasteiger partial charge in [0.15, 0.2) is 0 Å². The lowest BCUT2D eigenvalue weighted by atomic mass is 10.1. The first-order valence-corrected chi connectivity index (χ1v) is 7.24. The molecule has 5 nitrogen and oxygen atoms in total. The summed E-state index contributed by atoms with van der Waals surface area (Å²) in [5.41, 5.74) is 0. The first-order chi connectivity index (χ1) is 9.04. The van der Waals surface area contributed by atoms with Gasteiger partial charge < -0.3 is 10.0 Å². The predicted octanol–water partition coefficient (Wildman–Crippen LogP) is 1.57. The monoisotopic (exact) mass is 270 g/mol. The Kier molecular flexibility index (Phi) is 6.84. The van der Waals surface area contributed by atoms with Crippen LogP contribution in [0.15, 0.2) is 0 Å². The Labute approximate surface area is 115 Å². The van der Waals surface area contributed by atoms with Gasteiger partial charge in [-0.1, -0.05) is 6.92 Å². The van der Waals surface area contributed by atoms with Crippen LogP contribution in [0.5, 0.6) is 0 Å². The molecule has 1 atom stereocenters. The smallest absolute Gasteiger partial charge is 0.303 e. The number of likely N-dealkylation sites (tertiary alicyclic amines) is 1. The van der Waals surface area contributed by atoms with E-state index >= 15 is 0 Å². The summed E-state index contributed by atoms with van der Waals surface area (Å²) < 4.78 is 0. The van der Waals surface area contributed by atoms with E-state index in [1.54, 1.807) is 4.90 Å². The van der Waals surface area contributed by atoms with Gasteiger partial charge in [0.25, 0.3) is 0 Å². The van der Waals surface area contributed by atoms with Crippen LogP contribution in [0, 0.1) is 0 Å². The topological polar surface area (TPSA) is 60.9 Å². The van der Waals surface area contributed by atoms with Gasteiger partial charge >= 0.3 is 5.97 Å². The van der Waals surface area contributed by atoms with Crippen LogP contribution in [-0.2, 0) is 9.59 Å². The number of nitrogens with zero attached hydrogens (tertiary/aromatic N) is 2. The molecule has 19 heavy (non-hydrogen) atoms. The lowest BCUT2D eigenvalue weighted by Gasteiger charge is -2.27. The van der Waals surface area contributed by atoms with E-state index in [0.717, 1.165) is 19.6 Å². The Hall–Kier alpha value is -1.10. The maximum absolute atomic E-state index is 11.9. The Morgan fingerprint density at radius 3 is 2.63 bits per heavy atom. The number of carbonyl (C=O) groups excluding carboxylic acids is 1. The zero-order chi connectivity index (χ0) is 14.3. The molecule has 1 amide bonds. The number of hydrogen-bond donors (Lipinski definition) is 1. The molecular formula is C14H26N2O3. The van der Waals surface area contributed by atoms with Crippen molar-refractivity contribution in [1.82, 2.24) is 9.80 Å². The van der Waals surface area contributed by atoms with Crippen molar-refractivity contribution in [3.05, 3.63) is 0 Å². The molecule has 1 aliphatic heterocycles. The second kappa shape index (κ2) is 8.15. The summed E-state index contributed by atoms with van der Waals surface area (Å²) in [6.45, 7) is 5.14. The van der Waals surface area contributed by atoms with Gasteiger partial charge in [-0.2, -0.15) is 0 Å². The summed E-state index contributed by atoms with van der Waals surface area (Å²) >= 11 is 0. The van der Waals surface area contributed by atoms with Gasteiger partial charge in [0.1, 0.15) is 0 Å². The number of carboxylic acid groups (broad SMARTS) is 1. The van der Waals surface area contributed by atoms with E-state index in [1.807, 2.05) is 7.05 Å². The lowest BCUT2D eigenvalue weighted by Crippen LogP contribution is -2.41. The number of hydrogen-bond acceptors (Lipinski definition) is 3. The zero-order valence-corrected chi connectivity index (χ0v) is 12.1. The molecule has 0 aromatic heterocycles. The molecule has 0 aliphatic carbocycles. The van der Waals surface area contributed by atoms with Gasteiger partial charge in [0, 0.05) is 32.5 Å². The van der Waals surface area contributed by atoms with Crippen LogP contribution in [0.3, 0.4) is 0 Å². The number of likely N-dealkylation sites (N-methyl/N-ethyl adjacent to an activating group) is 2. The number of carbonyl (C=O) groups is 2. The molecule has 0 radical (unpaired) electrons. The number of carboxylic acids is 1. The maximum atomic E-state index is 11.9. The van der Waals surface area contributed by atoms with Crippen molar-refractivity contribution >= 4 is 11.9 Å². The molecule has 1 saturated heterocycles. The van der Waals surface area contributed by atoms with Crippen LogP contribution in [0.2, 0.25) is 0 Å². The van der Waals surface area contributed by atoms with Crippen LogP contribution in [-0.4, -0.2) is 59.5 Å². The molecule has 1 heterocycles. The van der Waals surface area contributed by atoms with Gasteiger partial charge in [-0.15, -0.1) is 0 Å². The van der Waals surface area contributed by atoms with Crippen molar-refractivity contribution < 1.29 is 14.7 Å². The highest BCUT2D eigenvalue weighted by Gasteiger charge is 2.25. The third kappa shape index (κ3) is 5.59. The Balaban J connectivity index is 2.22. The molecule has 0 bridgehead atoms. The second-order valence-electron chi connectivity index (χ2n) is 5.30. The fourth-order valence-electron chi connectivity index (χ4n) is 2.68. The van der Waals surface area contributed by atoms with E-state index in [1.165, 1.54) is 12.8 Å². The number of aliphatic carboxylic acids is 1. The van der Waals surface area contributed by atoms with E-state index in [9.17, 15) is 9.59 Å². The van der Waals surface area contributed by atoms with Crippen molar-refractivity contribution in [3.63, 3.8) is 0 Å². The van der Waals surface area contributed by atoms with E-state index in [4.69, 9.17) is 5.11 Å². The minimum atomic E-state index is -0.787. The normalized spacial score (nSPS) is 19.6. The zero-order valence-electron chi connectivity index (χ0n) is 12.1. The van der Waals surface area contributed by atoms with E-state index in [0.29, 0.717) is 25.3 Å². The number of amides is 1. The Morgan fingerprint density at radius 1 is 1.32 bits per heavy atom. The van der Waals surface area contributed by atoms with Gasteiger partial charge in [0.05, 0.1) is 0 Å². The largest absolute Gasteiger partial charge is 0.481 e. The van der Waals surface area contributed by atoms with E-state index < -0.39 is 5.97 Å². The summed E-state index contributed by atoms with van der Waals surface area (Å²) in [6, 6.07) is 0.498. The Morgan fingerprint density at radius 2 is 2.00 bits per heavy atom. The summed E-state index contributed by atoms with van der Waals surface area (Å²) in [5.74, 6) is -0.654. The average molecular weight is 270 g/mol. The molecule has 0 aromatic rings. The molecule has 5 heteroatoms. The van der Waals surface area contributed by atoms with Crippen LogP contribution in [0.25, 0.3) is 0 Å². The predicted molar refractivity (Wildman–Crippen MR) is 74.0 cm³/mol. The summed E-state index contributed by atoms with van der Waals surface area (Å²) in [7, 11) is 1.85. The minimum Gasteiger partial charge on any atom is -0.481 e. The average Bonchev–Trinajstić information content (AvgIpc) is 2.81. The number of rotatable bonds is 8. The van der Waals surface area contributed by atoms with Crippen molar-refractivity contribution in [1.29, 1.82) is 0 Å². The standard InChI is InChI=1S/C14H26N2O3/c1-3-16-10-6-7-12(16)11-15(2)13(17)8-4-5-9-14(18)19/h12H,3-11H2,1-2H3,(H,18,19). The van der Waals surface area contributed by atoms with Crippen molar-refractivity contribution in [2.75, 3.05) is 26.7 Å². The third-order valence-electron chi connectivity index (χ3n) is 3.85.